The van der Waals surface area contributed by atoms with Crippen molar-refractivity contribution in [3.63, 3.8) is 0 Å². The summed E-state index contributed by atoms with van der Waals surface area (Å²) < 4.78 is 0. The van der Waals surface area contributed by atoms with Gasteiger partial charge in [0.2, 0.25) is 0 Å². The lowest BCUT2D eigenvalue weighted by molar-refractivity contribution is 0.270. The molecule has 2 atom stereocenters. The molecule has 14 heavy (non-hydrogen) atoms. The molecule has 0 aromatic heterocycles. The van der Waals surface area contributed by atoms with E-state index in [0.717, 1.165) is 0 Å². The predicted molar refractivity (Wildman–Crippen MR) is 63.7 cm³/mol. The first-order chi connectivity index (χ1) is 6.52. The van der Waals surface area contributed by atoms with Crippen LogP contribution in [0, 0.1) is 0 Å². The van der Waals surface area contributed by atoms with E-state index in [1.54, 1.807) is 0 Å². The van der Waals surface area contributed by atoms with E-state index in [2.05, 4.69) is 43.2 Å². The van der Waals surface area contributed by atoms with Gasteiger partial charge in [-0.2, -0.15) is 0 Å². The number of rotatable bonds is 1. The second-order valence-electron chi connectivity index (χ2n) is 5.41. The molecular weight excluding hydrogens is 192 g/mol. The normalized spacial score (nSPS) is 42.6. The molecule has 2 fully saturated rings. The molecule has 2 unspecified atom stereocenters. The molecule has 2 heterocycles. The average Bonchev–Trinajstić information content (AvgIpc) is 2.44. The second kappa shape index (κ2) is 3.69. The van der Waals surface area contributed by atoms with Crippen molar-refractivity contribution >= 4 is 11.8 Å². The first kappa shape index (κ1) is 10.8. The summed E-state index contributed by atoms with van der Waals surface area (Å²) in [5.74, 6) is 1.22. The van der Waals surface area contributed by atoms with E-state index in [0.29, 0.717) is 11.6 Å². The van der Waals surface area contributed by atoms with E-state index in [9.17, 15) is 0 Å². The molecule has 2 rings (SSSR count). The van der Waals surface area contributed by atoms with Crippen molar-refractivity contribution in [3.05, 3.63) is 0 Å². The highest BCUT2D eigenvalue weighted by Crippen LogP contribution is 2.39. The Labute approximate surface area is 91.6 Å². The van der Waals surface area contributed by atoms with Gasteiger partial charge in [0.1, 0.15) is 0 Å². The van der Waals surface area contributed by atoms with Gasteiger partial charge in [0, 0.05) is 17.3 Å². The van der Waals surface area contributed by atoms with Crippen LogP contribution in [0.25, 0.3) is 0 Å². The molecule has 0 bridgehead atoms. The van der Waals surface area contributed by atoms with Crippen LogP contribution < -0.4 is 10.6 Å². The summed E-state index contributed by atoms with van der Waals surface area (Å²) in [6.45, 7) is 8.15. The van der Waals surface area contributed by atoms with Crippen molar-refractivity contribution < 1.29 is 0 Å². The Bertz CT molecular complexity index is 211. The number of thioether (sulfide) groups is 1. The first-order valence-corrected chi connectivity index (χ1v) is 6.67. The van der Waals surface area contributed by atoms with E-state index in [-0.39, 0.29) is 4.87 Å². The van der Waals surface area contributed by atoms with Crippen LogP contribution in [-0.2, 0) is 0 Å². The van der Waals surface area contributed by atoms with Crippen molar-refractivity contribution in [2.75, 3.05) is 12.3 Å². The fourth-order valence-electron chi connectivity index (χ4n) is 2.58. The Kier molecular flexibility index (Phi) is 2.84. The van der Waals surface area contributed by atoms with E-state index in [1.165, 1.54) is 31.6 Å². The fourth-order valence-corrected chi connectivity index (χ4v) is 4.07. The standard InChI is InChI=1S/C11H22N2S/c1-10(2)8-14-11(3,13-10)9-6-4-5-7-12-9/h9,12-13H,4-8H2,1-3H3. The molecule has 0 saturated carbocycles. The number of nitrogens with one attached hydrogen (secondary N) is 2. The molecule has 2 N–H and O–H groups in total. The largest absolute Gasteiger partial charge is 0.311 e. The van der Waals surface area contributed by atoms with Gasteiger partial charge in [-0.3, -0.25) is 5.32 Å². The lowest BCUT2D eigenvalue weighted by Crippen LogP contribution is -2.58. The van der Waals surface area contributed by atoms with Crippen LogP contribution in [-0.4, -0.2) is 28.7 Å². The summed E-state index contributed by atoms with van der Waals surface area (Å²) in [5, 5.41) is 7.43. The summed E-state index contributed by atoms with van der Waals surface area (Å²) in [4.78, 5) is 0.254. The third-order valence-corrected chi connectivity index (χ3v) is 5.15. The number of hydrogen-bond donors (Lipinski definition) is 2. The van der Waals surface area contributed by atoms with Gasteiger partial charge in [0.25, 0.3) is 0 Å². The number of piperidine rings is 1. The molecule has 2 nitrogen and oxygen atoms in total. The maximum absolute atomic E-state index is 3.78. The van der Waals surface area contributed by atoms with Crippen molar-refractivity contribution in [2.24, 2.45) is 0 Å². The van der Waals surface area contributed by atoms with Crippen LogP contribution in [0.4, 0.5) is 0 Å². The molecule has 0 spiro atoms. The highest BCUT2D eigenvalue weighted by atomic mass is 32.2. The third kappa shape index (κ3) is 2.10. The average molecular weight is 214 g/mol. The van der Waals surface area contributed by atoms with Crippen molar-refractivity contribution in [1.82, 2.24) is 10.6 Å². The molecule has 2 aliphatic heterocycles. The minimum absolute atomic E-state index is 0.254. The van der Waals surface area contributed by atoms with Gasteiger partial charge in [-0.1, -0.05) is 6.42 Å². The molecule has 3 heteroatoms. The van der Waals surface area contributed by atoms with Gasteiger partial charge in [0.05, 0.1) is 4.87 Å². The molecule has 0 aromatic rings. The summed E-state index contributed by atoms with van der Waals surface area (Å²) >= 11 is 2.08. The summed E-state index contributed by atoms with van der Waals surface area (Å²) in [6.07, 6.45) is 4.06. The molecule has 0 aliphatic carbocycles. The van der Waals surface area contributed by atoms with E-state index >= 15 is 0 Å². The van der Waals surface area contributed by atoms with Crippen LogP contribution in [0.2, 0.25) is 0 Å². The summed E-state index contributed by atoms with van der Waals surface area (Å²) in [6, 6.07) is 0.656. The molecular formula is C11H22N2S. The van der Waals surface area contributed by atoms with Crippen LogP contribution in [0.15, 0.2) is 0 Å². The van der Waals surface area contributed by atoms with Crippen LogP contribution in [0.5, 0.6) is 0 Å². The van der Waals surface area contributed by atoms with Crippen LogP contribution >= 0.6 is 11.8 Å². The molecule has 2 aliphatic rings. The van der Waals surface area contributed by atoms with Crippen molar-refractivity contribution in [2.45, 2.75) is 56.5 Å². The topological polar surface area (TPSA) is 24.1 Å². The molecule has 0 amide bonds. The fraction of sp³-hybridized carbons (Fsp3) is 1.00. The Morgan fingerprint density at radius 2 is 2.00 bits per heavy atom. The lowest BCUT2D eigenvalue weighted by atomic mass is 9.96. The zero-order chi connectivity index (χ0) is 10.2. The SMILES string of the molecule is CC1(C)CSC(C)(C2CCCCN2)N1. The highest BCUT2D eigenvalue weighted by molar-refractivity contribution is 8.01. The quantitative estimate of drug-likeness (QED) is 0.698. The Morgan fingerprint density at radius 3 is 2.50 bits per heavy atom. The Hall–Kier alpha value is 0.270. The van der Waals surface area contributed by atoms with E-state index in [4.69, 9.17) is 0 Å². The summed E-state index contributed by atoms with van der Waals surface area (Å²) in [7, 11) is 0. The van der Waals surface area contributed by atoms with E-state index in [1.807, 2.05) is 0 Å². The van der Waals surface area contributed by atoms with Gasteiger partial charge in [0.15, 0.2) is 0 Å². The molecule has 82 valence electrons. The zero-order valence-electron chi connectivity index (χ0n) is 9.52. The predicted octanol–water partition coefficient (Wildman–Crippen LogP) is 1.96. The van der Waals surface area contributed by atoms with Crippen molar-refractivity contribution in [3.8, 4) is 0 Å². The van der Waals surface area contributed by atoms with Gasteiger partial charge in [-0.05, 0) is 40.2 Å². The number of hydrogen-bond acceptors (Lipinski definition) is 3. The monoisotopic (exact) mass is 214 g/mol. The lowest BCUT2D eigenvalue weighted by Gasteiger charge is -2.38. The van der Waals surface area contributed by atoms with Gasteiger partial charge >= 0.3 is 0 Å². The zero-order valence-corrected chi connectivity index (χ0v) is 10.3. The molecule has 0 radical (unpaired) electrons. The van der Waals surface area contributed by atoms with Gasteiger partial charge in [-0.15, -0.1) is 11.8 Å². The molecule has 0 aromatic carbocycles. The second-order valence-corrected chi connectivity index (χ2v) is 6.83. The highest BCUT2D eigenvalue weighted by Gasteiger charge is 2.44. The summed E-state index contributed by atoms with van der Waals surface area (Å²) in [5.41, 5.74) is 0.304. The first-order valence-electron chi connectivity index (χ1n) is 5.69. The van der Waals surface area contributed by atoms with E-state index < -0.39 is 0 Å². The maximum atomic E-state index is 3.78. The Morgan fingerprint density at radius 1 is 1.21 bits per heavy atom. The maximum Gasteiger partial charge on any atom is 0.0776 e. The third-order valence-electron chi connectivity index (χ3n) is 3.29. The van der Waals surface area contributed by atoms with Crippen molar-refractivity contribution in [1.29, 1.82) is 0 Å². The van der Waals surface area contributed by atoms with Crippen LogP contribution in [0.1, 0.15) is 40.0 Å². The smallest absolute Gasteiger partial charge is 0.0776 e. The van der Waals surface area contributed by atoms with Crippen LogP contribution in [0.3, 0.4) is 0 Å². The van der Waals surface area contributed by atoms with Gasteiger partial charge < -0.3 is 5.32 Å². The van der Waals surface area contributed by atoms with Gasteiger partial charge in [-0.25, -0.2) is 0 Å². The minimum Gasteiger partial charge on any atom is -0.311 e. The Balaban J connectivity index is 2.01. The molecule has 2 saturated heterocycles. The minimum atomic E-state index is 0.254.